The lowest BCUT2D eigenvalue weighted by Crippen LogP contribution is -2.31. The zero-order chi connectivity index (χ0) is 18.1. The van der Waals surface area contributed by atoms with Crippen molar-refractivity contribution in [2.24, 2.45) is 0 Å². The minimum atomic E-state index is 0.100. The summed E-state index contributed by atoms with van der Waals surface area (Å²) >= 11 is 3.60. The number of aliphatic hydroxyl groups excluding tert-OH is 1. The SMILES string of the molecule is CCOc1cc(CN[C@H](CC)CO)cc(Br)c1OCc1ccccc1. The van der Waals surface area contributed by atoms with E-state index in [0.717, 1.165) is 27.8 Å². The molecule has 4 nitrogen and oxygen atoms in total. The van der Waals surface area contributed by atoms with Gasteiger partial charge in [-0.2, -0.15) is 0 Å². The van der Waals surface area contributed by atoms with Crippen molar-refractivity contribution >= 4 is 15.9 Å². The first-order valence-corrected chi connectivity index (χ1v) is 9.43. The van der Waals surface area contributed by atoms with Gasteiger partial charge in [0.1, 0.15) is 6.61 Å². The molecule has 2 N–H and O–H groups in total. The summed E-state index contributed by atoms with van der Waals surface area (Å²) in [7, 11) is 0. The lowest BCUT2D eigenvalue weighted by Gasteiger charge is -2.17. The zero-order valence-electron chi connectivity index (χ0n) is 14.8. The minimum Gasteiger partial charge on any atom is -0.490 e. The third-order valence-electron chi connectivity index (χ3n) is 3.90. The summed E-state index contributed by atoms with van der Waals surface area (Å²) in [5.41, 5.74) is 2.19. The summed E-state index contributed by atoms with van der Waals surface area (Å²) in [6, 6.07) is 14.2. The lowest BCUT2D eigenvalue weighted by molar-refractivity contribution is 0.238. The average molecular weight is 408 g/mol. The van der Waals surface area contributed by atoms with Crippen LogP contribution < -0.4 is 14.8 Å². The Kier molecular flexibility index (Phi) is 8.25. The molecular formula is C20H26BrNO3. The molecule has 0 saturated heterocycles. The second-order valence-corrected chi connectivity index (χ2v) is 6.64. The molecule has 0 aliphatic heterocycles. The largest absolute Gasteiger partial charge is 0.490 e. The molecule has 0 aliphatic rings. The van der Waals surface area contributed by atoms with Gasteiger partial charge in [0.2, 0.25) is 0 Å². The molecule has 136 valence electrons. The van der Waals surface area contributed by atoms with E-state index in [0.29, 0.717) is 25.5 Å². The molecule has 0 amide bonds. The van der Waals surface area contributed by atoms with E-state index in [1.54, 1.807) is 0 Å². The number of hydrogen-bond donors (Lipinski definition) is 2. The molecule has 0 unspecified atom stereocenters. The van der Waals surface area contributed by atoms with Crippen LogP contribution in [0.4, 0.5) is 0 Å². The van der Waals surface area contributed by atoms with E-state index in [9.17, 15) is 5.11 Å². The smallest absolute Gasteiger partial charge is 0.175 e. The van der Waals surface area contributed by atoms with Gasteiger partial charge in [0.15, 0.2) is 11.5 Å². The van der Waals surface area contributed by atoms with Gasteiger partial charge in [-0.1, -0.05) is 37.3 Å². The fourth-order valence-corrected chi connectivity index (χ4v) is 3.06. The van der Waals surface area contributed by atoms with Gasteiger partial charge in [-0.3, -0.25) is 0 Å². The first-order chi connectivity index (χ1) is 12.2. The van der Waals surface area contributed by atoms with Gasteiger partial charge in [-0.25, -0.2) is 0 Å². The summed E-state index contributed by atoms with van der Waals surface area (Å²) in [4.78, 5) is 0. The first kappa shape index (κ1) is 19.8. The molecule has 0 fully saturated rings. The molecule has 0 bridgehead atoms. The highest BCUT2D eigenvalue weighted by Gasteiger charge is 2.13. The summed E-state index contributed by atoms with van der Waals surface area (Å²) in [6.45, 7) is 5.86. The number of hydrogen-bond acceptors (Lipinski definition) is 4. The number of benzene rings is 2. The molecule has 1 atom stereocenters. The average Bonchev–Trinajstić information content (AvgIpc) is 2.63. The van der Waals surface area contributed by atoms with Crippen LogP contribution >= 0.6 is 15.9 Å². The molecule has 0 saturated carbocycles. The standard InChI is InChI=1S/C20H26BrNO3/c1-3-17(13-23)22-12-16-10-18(21)20(19(11-16)24-4-2)25-14-15-8-6-5-7-9-15/h5-11,17,22-23H,3-4,12-14H2,1-2H3/t17-/m1/s1. The topological polar surface area (TPSA) is 50.7 Å². The molecule has 2 aromatic carbocycles. The number of rotatable bonds is 10. The van der Waals surface area contributed by atoms with Crippen LogP contribution in [0.5, 0.6) is 11.5 Å². The first-order valence-electron chi connectivity index (χ1n) is 8.64. The van der Waals surface area contributed by atoms with Crippen molar-refractivity contribution in [3.63, 3.8) is 0 Å². The van der Waals surface area contributed by atoms with Crippen LogP contribution in [0.2, 0.25) is 0 Å². The summed E-state index contributed by atoms with van der Waals surface area (Å²) < 4.78 is 12.6. The lowest BCUT2D eigenvalue weighted by atomic mass is 10.1. The highest BCUT2D eigenvalue weighted by Crippen LogP contribution is 2.37. The van der Waals surface area contributed by atoms with Crippen LogP contribution in [0.25, 0.3) is 0 Å². The number of aliphatic hydroxyl groups is 1. The monoisotopic (exact) mass is 407 g/mol. The molecular weight excluding hydrogens is 382 g/mol. The Hall–Kier alpha value is -1.56. The van der Waals surface area contributed by atoms with Crippen LogP contribution in [0.15, 0.2) is 46.9 Å². The Morgan fingerprint density at radius 3 is 2.48 bits per heavy atom. The normalized spacial score (nSPS) is 12.0. The highest BCUT2D eigenvalue weighted by molar-refractivity contribution is 9.10. The Morgan fingerprint density at radius 2 is 1.84 bits per heavy atom. The van der Waals surface area contributed by atoms with Gasteiger partial charge in [0.05, 0.1) is 17.7 Å². The van der Waals surface area contributed by atoms with Crippen molar-refractivity contribution in [3.8, 4) is 11.5 Å². The second kappa shape index (κ2) is 10.4. The summed E-state index contributed by atoms with van der Waals surface area (Å²) in [5.74, 6) is 1.44. The molecule has 2 rings (SSSR count). The van der Waals surface area contributed by atoms with Gasteiger partial charge in [-0.05, 0) is 52.5 Å². The van der Waals surface area contributed by atoms with Crippen LogP contribution in [0.1, 0.15) is 31.4 Å². The summed E-state index contributed by atoms with van der Waals surface area (Å²) in [6.07, 6.45) is 0.883. The predicted octanol–water partition coefficient (Wildman–Crippen LogP) is 4.29. The Balaban J connectivity index is 2.13. The molecule has 0 spiro atoms. The number of nitrogens with one attached hydrogen (secondary N) is 1. The Labute approximate surface area is 158 Å². The van der Waals surface area contributed by atoms with Gasteiger partial charge >= 0.3 is 0 Å². The maximum atomic E-state index is 9.30. The van der Waals surface area contributed by atoms with E-state index in [1.165, 1.54) is 0 Å². The van der Waals surface area contributed by atoms with Crippen LogP contribution in [0.3, 0.4) is 0 Å². The highest BCUT2D eigenvalue weighted by atomic mass is 79.9. The minimum absolute atomic E-state index is 0.100. The van der Waals surface area contributed by atoms with E-state index in [1.807, 2.05) is 49.4 Å². The van der Waals surface area contributed by atoms with E-state index in [2.05, 4.69) is 28.2 Å². The molecule has 2 aromatic rings. The molecule has 0 radical (unpaired) electrons. The molecule has 0 heterocycles. The Bertz CT molecular complexity index is 645. The predicted molar refractivity (Wildman–Crippen MR) is 104 cm³/mol. The number of halogens is 1. The van der Waals surface area contributed by atoms with Gasteiger partial charge in [0.25, 0.3) is 0 Å². The molecule has 0 aromatic heterocycles. The van der Waals surface area contributed by atoms with Gasteiger partial charge < -0.3 is 19.9 Å². The molecule has 0 aliphatic carbocycles. The molecule has 25 heavy (non-hydrogen) atoms. The van der Waals surface area contributed by atoms with Crippen molar-refractivity contribution in [1.82, 2.24) is 5.32 Å². The molecule has 5 heteroatoms. The van der Waals surface area contributed by atoms with E-state index < -0.39 is 0 Å². The van der Waals surface area contributed by atoms with Crippen molar-refractivity contribution < 1.29 is 14.6 Å². The van der Waals surface area contributed by atoms with Crippen molar-refractivity contribution in [3.05, 3.63) is 58.1 Å². The van der Waals surface area contributed by atoms with E-state index >= 15 is 0 Å². The van der Waals surface area contributed by atoms with E-state index in [-0.39, 0.29) is 12.6 Å². The third kappa shape index (κ3) is 6.03. The van der Waals surface area contributed by atoms with Crippen molar-refractivity contribution in [2.45, 2.75) is 39.5 Å². The Morgan fingerprint density at radius 1 is 1.08 bits per heavy atom. The quantitative estimate of drug-likeness (QED) is 0.616. The van der Waals surface area contributed by atoms with Crippen molar-refractivity contribution in [2.75, 3.05) is 13.2 Å². The number of ether oxygens (including phenoxy) is 2. The maximum absolute atomic E-state index is 9.30. The fourth-order valence-electron chi connectivity index (χ4n) is 2.46. The van der Waals surface area contributed by atoms with Gasteiger partial charge in [-0.15, -0.1) is 0 Å². The maximum Gasteiger partial charge on any atom is 0.175 e. The third-order valence-corrected chi connectivity index (χ3v) is 4.49. The van der Waals surface area contributed by atoms with Crippen LogP contribution in [0, 0.1) is 0 Å². The van der Waals surface area contributed by atoms with Gasteiger partial charge in [0, 0.05) is 12.6 Å². The summed E-state index contributed by atoms with van der Waals surface area (Å²) in [5, 5.41) is 12.6. The second-order valence-electron chi connectivity index (χ2n) is 5.78. The van der Waals surface area contributed by atoms with Crippen LogP contribution in [-0.2, 0) is 13.2 Å². The van der Waals surface area contributed by atoms with Crippen molar-refractivity contribution in [1.29, 1.82) is 0 Å². The van der Waals surface area contributed by atoms with Crippen LogP contribution in [-0.4, -0.2) is 24.4 Å². The van der Waals surface area contributed by atoms with E-state index in [4.69, 9.17) is 9.47 Å². The fraction of sp³-hybridized carbons (Fsp3) is 0.400. The zero-order valence-corrected chi connectivity index (χ0v) is 16.4.